The molecule has 1 aliphatic rings. The molecule has 2 aromatic heterocycles. The van der Waals surface area contributed by atoms with Crippen molar-refractivity contribution in [2.24, 2.45) is 7.05 Å². The molecule has 0 aliphatic heterocycles. The summed E-state index contributed by atoms with van der Waals surface area (Å²) in [7, 11) is 3.17. The molecule has 0 unspecified atom stereocenters. The number of aryl methyl sites for hydroxylation is 1. The molecule has 4 aromatic rings. The van der Waals surface area contributed by atoms with Crippen LogP contribution < -0.4 is 15.4 Å². The topological polar surface area (TPSA) is 114 Å². The number of carbonyl (C=O) groups is 1. The minimum absolute atomic E-state index is 0.125. The van der Waals surface area contributed by atoms with E-state index in [9.17, 15) is 14.3 Å². The SMILES string of the molecule is COc1ccc([C@H](NC(=O)c2ccc3cnc(NC4CC(O)C4)nc3c2)c2cnn(C)c2)cc1F. The minimum Gasteiger partial charge on any atom is -0.494 e. The maximum Gasteiger partial charge on any atom is 0.252 e. The van der Waals surface area contributed by atoms with Gasteiger partial charge in [0.25, 0.3) is 5.91 Å². The standard InChI is InChI=1S/C25H25FN6O3/c1-32-13-17(12-28-32)23(14-5-6-22(35-2)20(26)7-14)31-24(34)15-3-4-16-11-27-25(30-21(16)8-15)29-18-9-19(33)10-18/h3-8,11-13,18-19,23,33H,9-10H2,1-2H3,(H,31,34)(H,27,29,30)/t18?,19?,23-/m0/s1. The van der Waals surface area contributed by atoms with E-state index in [0.717, 1.165) is 5.39 Å². The molecular weight excluding hydrogens is 451 g/mol. The Hall–Kier alpha value is -4.05. The lowest BCUT2D eigenvalue weighted by Crippen LogP contribution is -2.39. The Labute approximate surface area is 201 Å². The molecule has 2 heterocycles. The molecule has 1 atom stereocenters. The van der Waals surface area contributed by atoms with Crippen molar-refractivity contribution in [3.63, 3.8) is 0 Å². The van der Waals surface area contributed by atoms with Gasteiger partial charge in [0, 0.05) is 42.0 Å². The van der Waals surface area contributed by atoms with Gasteiger partial charge in [-0.05, 0) is 42.7 Å². The predicted molar refractivity (Wildman–Crippen MR) is 128 cm³/mol. The first-order valence-electron chi connectivity index (χ1n) is 11.2. The average molecular weight is 477 g/mol. The van der Waals surface area contributed by atoms with Gasteiger partial charge >= 0.3 is 0 Å². The molecule has 1 aliphatic carbocycles. The molecule has 180 valence electrons. The van der Waals surface area contributed by atoms with Crippen molar-refractivity contribution in [2.45, 2.75) is 31.0 Å². The maximum absolute atomic E-state index is 14.5. The number of aliphatic hydroxyl groups excluding tert-OH is 1. The van der Waals surface area contributed by atoms with E-state index in [2.05, 4.69) is 25.7 Å². The lowest BCUT2D eigenvalue weighted by atomic mass is 9.90. The van der Waals surface area contributed by atoms with Crippen LogP contribution in [0.15, 0.2) is 55.0 Å². The fourth-order valence-corrected chi connectivity index (χ4v) is 4.15. The quantitative estimate of drug-likeness (QED) is 0.376. The second kappa shape index (κ2) is 9.30. The highest BCUT2D eigenvalue weighted by molar-refractivity contribution is 5.98. The number of nitrogens with zero attached hydrogens (tertiary/aromatic N) is 4. The first kappa shape index (κ1) is 22.7. The third-order valence-electron chi connectivity index (χ3n) is 6.13. The van der Waals surface area contributed by atoms with Crippen molar-refractivity contribution >= 4 is 22.8 Å². The van der Waals surface area contributed by atoms with E-state index in [-0.39, 0.29) is 23.8 Å². The average Bonchev–Trinajstić information content (AvgIpc) is 3.26. The Kier molecular flexibility index (Phi) is 6.04. The number of carbonyl (C=O) groups excluding carboxylic acids is 1. The van der Waals surface area contributed by atoms with Crippen molar-refractivity contribution in [3.8, 4) is 5.75 Å². The smallest absolute Gasteiger partial charge is 0.252 e. The van der Waals surface area contributed by atoms with Crippen LogP contribution in [0.4, 0.5) is 10.3 Å². The zero-order chi connectivity index (χ0) is 24.5. The Morgan fingerprint density at radius 3 is 2.71 bits per heavy atom. The molecular formula is C25H25FN6O3. The van der Waals surface area contributed by atoms with Gasteiger partial charge in [-0.25, -0.2) is 14.4 Å². The van der Waals surface area contributed by atoms with E-state index in [1.54, 1.807) is 54.6 Å². The summed E-state index contributed by atoms with van der Waals surface area (Å²) >= 11 is 0. The fraction of sp³-hybridized carbons (Fsp3) is 0.280. The van der Waals surface area contributed by atoms with Gasteiger partial charge in [0.2, 0.25) is 5.95 Å². The minimum atomic E-state index is -0.625. The molecule has 9 nitrogen and oxygen atoms in total. The van der Waals surface area contributed by atoms with E-state index < -0.39 is 11.9 Å². The van der Waals surface area contributed by atoms with E-state index in [0.29, 0.717) is 41.0 Å². The normalized spacial score (nSPS) is 18.1. The monoisotopic (exact) mass is 476 g/mol. The highest BCUT2D eigenvalue weighted by Crippen LogP contribution is 2.27. The number of hydrogen-bond acceptors (Lipinski definition) is 7. The van der Waals surface area contributed by atoms with Gasteiger partial charge in [0.15, 0.2) is 11.6 Å². The van der Waals surface area contributed by atoms with Gasteiger partial charge in [0.1, 0.15) is 0 Å². The Bertz CT molecular complexity index is 1380. The number of aliphatic hydroxyl groups is 1. The van der Waals surface area contributed by atoms with Gasteiger partial charge in [-0.3, -0.25) is 9.48 Å². The van der Waals surface area contributed by atoms with Crippen molar-refractivity contribution < 1.29 is 19.0 Å². The number of rotatable bonds is 7. The number of anilines is 1. The van der Waals surface area contributed by atoms with Crippen LogP contribution in [0.5, 0.6) is 5.75 Å². The van der Waals surface area contributed by atoms with Crippen LogP contribution in [0.1, 0.15) is 40.4 Å². The first-order valence-corrected chi connectivity index (χ1v) is 11.2. The number of hydrogen-bond donors (Lipinski definition) is 3. The molecule has 2 aromatic carbocycles. The van der Waals surface area contributed by atoms with Gasteiger partial charge in [-0.1, -0.05) is 12.1 Å². The summed E-state index contributed by atoms with van der Waals surface area (Å²) in [6.45, 7) is 0. The summed E-state index contributed by atoms with van der Waals surface area (Å²) in [6.07, 6.45) is 6.14. The van der Waals surface area contributed by atoms with Crippen LogP contribution >= 0.6 is 0 Å². The molecule has 0 radical (unpaired) electrons. The molecule has 35 heavy (non-hydrogen) atoms. The Morgan fingerprint density at radius 1 is 1.20 bits per heavy atom. The molecule has 3 N–H and O–H groups in total. The second-order valence-corrected chi connectivity index (χ2v) is 8.68. The van der Waals surface area contributed by atoms with Gasteiger partial charge in [-0.2, -0.15) is 5.10 Å². The summed E-state index contributed by atoms with van der Waals surface area (Å²) in [4.78, 5) is 22.1. The van der Waals surface area contributed by atoms with Gasteiger partial charge in [0.05, 0.1) is 31.0 Å². The van der Waals surface area contributed by atoms with Crippen LogP contribution in [0.2, 0.25) is 0 Å². The maximum atomic E-state index is 14.5. The van der Waals surface area contributed by atoms with Crippen molar-refractivity contribution in [1.29, 1.82) is 0 Å². The highest BCUT2D eigenvalue weighted by Gasteiger charge is 2.27. The predicted octanol–water partition coefficient (Wildman–Crippen LogP) is 2.97. The first-order chi connectivity index (χ1) is 16.9. The third kappa shape index (κ3) is 4.78. The summed E-state index contributed by atoms with van der Waals surface area (Å²) in [5, 5.41) is 20.7. The molecule has 5 rings (SSSR count). The summed E-state index contributed by atoms with van der Waals surface area (Å²) in [5.74, 6) is -0.282. The second-order valence-electron chi connectivity index (χ2n) is 8.68. The zero-order valence-corrected chi connectivity index (χ0v) is 19.3. The van der Waals surface area contributed by atoms with Gasteiger partial charge in [-0.15, -0.1) is 0 Å². The molecule has 10 heteroatoms. The summed E-state index contributed by atoms with van der Waals surface area (Å²) in [5.41, 5.74) is 2.29. The van der Waals surface area contributed by atoms with Crippen LogP contribution in [-0.4, -0.2) is 50.0 Å². The van der Waals surface area contributed by atoms with E-state index >= 15 is 0 Å². The highest BCUT2D eigenvalue weighted by atomic mass is 19.1. The van der Waals surface area contributed by atoms with Crippen LogP contribution in [0.3, 0.4) is 0 Å². The van der Waals surface area contributed by atoms with Crippen molar-refractivity contribution in [2.75, 3.05) is 12.4 Å². The number of ether oxygens (including phenoxy) is 1. The van der Waals surface area contributed by atoms with Crippen molar-refractivity contribution in [3.05, 3.63) is 77.5 Å². The fourth-order valence-electron chi connectivity index (χ4n) is 4.15. The summed E-state index contributed by atoms with van der Waals surface area (Å²) < 4.78 is 21.1. The molecule has 0 spiro atoms. The lowest BCUT2D eigenvalue weighted by molar-refractivity contribution is 0.0834. The molecule has 1 fully saturated rings. The Morgan fingerprint density at radius 2 is 2.03 bits per heavy atom. The molecule has 1 saturated carbocycles. The number of halogens is 1. The molecule has 0 bridgehead atoms. The van der Waals surface area contributed by atoms with Gasteiger partial charge < -0.3 is 20.5 Å². The zero-order valence-electron chi connectivity index (χ0n) is 19.3. The number of methoxy groups -OCH3 is 1. The van der Waals surface area contributed by atoms with Crippen LogP contribution in [0.25, 0.3) is 10.9 Å². The Balaban J connectivity index is 1.41. The number of nitrogens with one attached hydrogen (secondary N) is 2. The third-order valence-corrected chi connectivity index (χ3v) is 6.13. The molecule has 0 saturated heterocycles. The lowest BCUT2D eigenvalue weighted by Gasteiger charge is -2.31. The molecule has 1 amide bonds. The van der Waals surface area contributed by atoms with Crippen LogP contribution in [-0.2, 0) is 7.05 Å². The number of amides is 1. The number of fused-ring (bicyclic) bond motifs is 1. The van der Waals surface area contributed by atoms with E-state index in [4.69, 9.17) is 4.74 Å². The summed E-state index contributed by atoms with van der Waals surface area (Å²) in [6, 6.07) is 9.28. The number of aromatic nitrogens is 4. The largest absolute Gasteiger partial charge is 0.494 e. The number of benzene rings is 2. The van der Waals surface area contributed by atoms with Crippen molar-refractivity contribution in [1.82, 2.24) is 25.1 Å². The van der Waals surface area contributed by atoms with E-state index in [1.807, 2.05) is 0 Å². The van der Waals surface area contributed by atoms with Crippen LogP contribution in [0, 0.1) is 5.82 Å². The van der Waals surface area contributed by atoms with E-state index in [1.165, 1.54) is 19.2 Å².